The Morgan fingerprint density at radius 1 is 1.36 bits per heavy atom. The molecule has 7 nitrogen and oxygen atoms in total. The number of piperidine rings is 1. The Morgan fingerprint density at radius 2 is 2.08 bits per heavy atom. The van der Waals surface area contributed by atoms with Gasteiger partial charge in [-0.15, -0.1) is 0 Å². The molecule has 2 fully saturated rings. The third-order valence-corrected chi connectivity index (χ3v) is 6.51. The van der Waals surface area contributed by atoms with Gasteiger partial charge in [-0.05, 0) is 56.8 Å². The third-order valence-electron chi connectivity index (χ3n) is 5.22. The fourth-order valence-electron chi connectivity index (χ4n) is 3.52. The second-order valence-corrected chi connectivity index (χ2v) is 8.79. The summed E-state index contributed by atoms with van der Waals surface area (Å²) in [5.41, 5.74) is 1.15. The predicted octanol–water partition coefficient (Wildman–Crippen LogP) is 1.78. The summed E-state index contributed by atoms with van der Waals surface area (Å²) in [6.45, 7) is 3.52. The predicted molar refractivity (Wildman–Crippen MR) is 97.4 cm³/mol. The van der Waals surface area contributed by atoms with Crippen LogP contribution in [0.25, 0.3) is 0 Å². The molecule has 1 aromatic carbocycles. The van der Waals surface area contributed by atoms with Crippen LogP contribution in [0, 0.1) is 11.3 Å². The minimum atomic E-state index is -3.39. The average molecular weight is 367 g/mol. The molecule has 3 N–H and O–H groups in total. The van der Waals surface area contributed by atoms with E-state index in [4.69, 9.17) is 4.74 Å². The zero-order valence-corrected chi connectivity index (χ0v) is 15.4. The summed E-state index contributed by atoms with van der Waals surface area (Å²) in [4.78, 5) is 12.5. The lowest BCUT2D eigenvalue weighted by Gasteiger charge is -2.23. The molecule has 1 aliphatic heterocycles. The van der Waals surface area contributed by atoms with Crippen LogP contribution >= 0.6 is 0 Å². The second kappa shape index (κ2) is 6.84. The summed E-state index contributed by atoms with van der Waals surface area (Å²) in [7, 11) is -1.92. The monoisotopic (exact) mass is 367 g/mol. The van der Waals surface area contributed by atoms with Crippen LogP contribution in [0.1, 0.15) is 26.2 Å². The van der Waals surface area contributed by atoms with Crippen LogP contribution in [0.15, 0.2) is 18.2 Å². The molecule has 0 aromatic heterocycles. The zero-order chi connectivity index (χ0) is 18.1. The van der Waals surface area contributed by atoms with Gasteiger partial charge in [0.1, 0.15) is 5.75 Å². The quantitative estimate of drug-likeness (QED) is 0.712. The van der Waals surface area contributed by atoms with Gasteiger partial charge in [0, 0.05) is 17.7 Å². The zero-order valence-electron chi connectivity index (χ0n) is 14.6. The summed E-state index contributed by atoms with van der Waals surface area (Å²) in [5.74, 6) is 0.458. The fourth-order valence-corrected chi connectivity index (χ4v) is 4.17. The first-order chi connectivity index (χ1) is 11.9. The van der Waals surface area contributed by atoms with Gasteiger partial charge in [0.2, 0.25) is 15.9 Å². The van der Waals surface area contributed by atoms with E-state index in [9.17, 15) is 13.2 Å². The minimum Gasteiger partial charge on any atom is -0.494 e. The van der Waals surface area contributed by atoms with Crippen molar-refractivity contribution >= 4 is 27.3 Å². The fraction of sp³-hybridized carbons (Fsp3) is 0.588. The molecular formula is C17H25N3O4S. The van der Waals surface area contributed by atoms with Gasteiger partial charge in [-0.1, -0.05) is 0 Å². The van der Waals surface area contributed by atoms with Crippen LogP contribution in [0.5, 0.6) is 5.75 Å². The van der Waals surface area contributed by atoms with Crippen molar-refractivity contribution in [3.63, 3.8) is 0 Å². The molecule has 25 heavy (non-hydrogen) atoms. The molecule has 1 atom stereocenters. The number of hydrogen-bond donors (Lipinski definition) is 3. The Hall–Kier alpha value is -1.80. The summed E-state index contributed by atoms with van der Waals surface area (Å²) in [6, 6.07) is 4.93. The average Bonchev–Trinajstić information content (AvgIpc) is 3.29. The van der Waals surface area contributed by atoms with Crippen molar-refractivity contribution < 1.29 is 17.9 Å². The van der Waals surface area contributed by atoms with Gasteiger partial charge >= 0.3 is 0 Å². The van der Waals surface area contributed by atoms with Crippen molar-refractivity contribution in [2.45, 2.75) is 26.2 Å². The largest absolute Gasteiger partial charge is 0.494 e. The van der Waals surface area contributed by atoms with E-state index < -0.39 is 10.0 Å². The molecule has 1 amide bonds. The van der Waals surface area contributed by atoms with Gasteiger partial charge < -0.3 is 15.4 Å². The number of sulfonamides is 1. The Balaban J connectivity index is 1.68. The first kappa shape index (κ1) is 18.0. The Kier molecular flexibility index (Phi) is 4.92. The van der Waals surface area contributed by atoms with Crippen LogP contribution in [0.2, 0.25) is 0 Å². The van der Waals surface area contributed by atoms with Gasteiger partial charge in [-0.3, -0.25) is 9.52 Å². The van der Waals surface area contributed by atoms with Crippen LogP contribution in [0.3, 0.4) is 0 Å². The lowest BCUT2D eigenvalue weighted by atomic mass is 9.92. The maximum atomic E-state index is 12.5. The van der Waals surface area contributed by atoms with Crippen LogP contribution in [-0.2, 0) is 14.8 Å². The van der Waals surface area contributed by atoms with Crippen molar-refractivity contribution in [3.8, 4) is 5.75 Å². The number of amides is 1. The van der Waals surface area contributed by atoms with Gasteiger partial charge in [-0.25, -0.2) is 8.42 Å². The summed E-state index contributed by atoms with van der Waals surface area (Å²) < 4.78 is 31.2. The molecular weight excluding hydrogens is 342 g/mol. The standard InChI is InChI=1S/C17H25N3O4S/c1-3-25(22,23)20-14-5-4-12(10-15(14)24-2)19-16(21)13-11-17(13)6-8-18-9-7-17/h4-5,10,13,18,20H,3,6-9,11H2,1-2H3,(H,19,21). The van der Waals surface area contributed by atoms with Gasteiger partial charge in [0.25, 0.3) is 0 Å². The first-order valence-corrected chi connectivity index (χ1v) is 10.2. The highest BCUT2D eigenvalue weighted by molar-refractivity contribution is 7.92. The molecule has 3 rings (SSSR count). The smallest absolute Gasteiger partial charge is 0.232 e. The molecule has 1 heterocycles. The molecule has 0 radical (unpaired) electrons. The van der Waals surface area contributed by atoms with Crippen molar-refractivity contribution in [3.05, 3.63) is 18.2 Å². The molecule has 138 valence electrons. The van der Waals surface area contributed by atoms with E-state index in [1.807, 2.05) is 0 Å². The molecule has 1 spiro atoms. The highest BCUT2D eigenvalue weighted by atomic mass is 32.2. The van der Waals surface area contributed by atoms with Crippen LogP contribution < -0.4 is 20.1 Å². The second-order valence-electron chi connectivity index (χ2n) is 6.78. The number of anilines is 2. The molecule has 2 aliphatic rings. The van der Waals surface area contributed by atoms with Crippen molar-refractivity contribution in [2.75, 3.05) is 36.0 Å². The Bertz CT molecular complexity index is 757. The van der Waals surface area contributed by atoms with E-state index in [1.54, 1.807) is 25.1 Å². The molecule has 1 aliphatic carbocycles. The minimum absolute atomic E-state index is 0.0206. The van der Waals surface area contributed by atoms with Crippen LogP contribution in [0.4, 0.5) is 11.4 Å². The normalized spacial score (nSPS) is 21.6. The highest BCUT2D eigenvalue weighted by Crippen LogP contribution is 2.58. The Labute approximate surface area is 148 Å². The third kappa shape index (κ3) is 3.90. The molecule has 0 bridgehead atoms. The molecule has 1 unspecified atom stereocenters. The van der Waals surface area contributed by atoms with E-state index in [0.717, 1.165) is 32.4 Å². The maximum Gasteiger partial charge on any atom is 0.232 e. The van der Waals surface area contributed by atoms with E-state index in [0.29, 0.717) is 17.1 Å². The SMILES string of the molecule is CCS(=O)(=O)Nc1ccc(NC(=O)C2CC23CCNCC3)cc1OC. The number of carbonyl (C=O) groups is 1. The maximum absolute atomic E-state index is 12.5. The van der Waals surface area contributed by atoms with E-state index in [2.05, 4.69) is 15.4 Å². The number of rotatable bonds is 6. The van der Waals surface area contributed by atoms with Crippen molar-refractivity contribution in [1.29, 1.82) is 0 Å². The first-order valence-electron chi connectivity index (χ1n) is 8.59. The van der Waals surface area contributed by atoms with E-state index >= 15 is 0 Å². The highest BCUT2D eigenvalue weighted by Gasteiger charge is 2.57. The van der Waals surface area contributed by atoms with Crippen LogP contribution in [-0.4, -0.2) is 40.3 Å². The molecule has 1 saturated heterocycles. The topological polar surface area (TPSA) is 96.5 Å². The number of carbonyl (C=O) groups excluding carboxylic acids is 1. The number of hydrogen-bond acceptors (Lipinski definition) is 5. The summed E-state index contributed by atoms with van der Waals surface area (Å²) >= 11 is 0. The van der Waals surface area contributed by atoms with Gasteiger partial charge in [0.05, 0.1) is 18.6 Å². The van der Waals surface area contributed by atoms with Gasteiger partial charge in [0.15, 0.2) is 0 Å². The molecule has 8 heteroatoms. The Morgan fingerprint density at radius 3 is 2.72 bits per heavy atom. The number of methoxy groups -OCH3 is 1. The van der Waals surface area contributed by atoms with Crippen molar-refractivity contribution in [1.82, 2.24) is 5.32 Å². The van der Waals surface area contributed by atoms with Crippen molar-refractivity contribution in [2.24, 2.45) is 11.3 Å². The van der Waals surface area contributed by atoms with Gasteiger partial charge in [-0.2, -0.15) is 0 Å². The summed E-state index contributed by atoms with van der Waals surface area (Å²) in [6.07, 6.45) is 3.05. The number of benzene rings is 1. The molecule has 1 aromatic rings. The summed E-state index contributed by atoms with van der Waals surface area (Å²) in [5, 5.41) is 6.27. The van der Waals surface area contributed by atoms with E-state index in [1.165, 1.54) is 7.11 Å². The lowest BCUT2D eigenvalue weighted by Crippen LogP contribution is -2.31. The number of nitrogens with one attached hydrogen (secondary N) is 3. The molecule has 1 saturated carbocycles. The number of ether oxygens (including phenoxy) is 1. The lowest BCUT2D eigenvalue weighted by molar-refractivity contribution is -0.118. The van der Waals surface area contributed by atoms with E-state index in [-0.39, 0.29) is 23.0 Å².